The molecule has 0 atom stereocenters. The zero-order valence-electron chi connectivity index (χ0n) is 20.0. The second kappa shape index (κ2) is 11.6. The molecular weight excluding hydrogens is 414 g/mol. The van der Waals surface area contributed by atoms with Gasteiger partial charge in [-0.2, -0.15) is 0 Å². The first-order chi connectivity index (χ1) is 16.2. The minimum atomic E-state index is -0.0208. The molecule has 2 aliphatic rings. The standard InChI is InChI=1S/C27H37N3O3/c1-3-28-27(31)24-17-23(18-26(19-24)30(4-2)25-9-13-32-14-10-25)22-7-5-21(6-8-22)20-29-11-15-33-16-12-29/h5-8,17-19,25H,3-4,9-16,20H2,1-2H3,(H,28,31). The molecular formula is C27H37N3O3. The monoisotopic (exact) mass is 451 g/mol. The molecule has 6 nitrogen and oxygen atoms in total. The molecule has 0 unspecified atom stereocenters. The van der Waals surface area contributed by atoms with Crippen molar-refractivity contribution < 1.29 is 14.3 Å². The lowest BCUT2D eigenvalue weighted by Gasteiger charge is -2.35. The summed E-state index contributed by atoms with van der Waals surface area (Å²) < 4.78 is 11.0. The van der Waals surface area contributed by atoms with Gasteiger partial charge in [0, 0.05) is 63.2 Å². The largest absolute Gasteiger partial charge is 0.381 e. The maximum Gasteiger partial charge on any atom is 0.251 e. The van der Waals surface area contributed by atoms with Crippen LogP contribution in [0, 0.1) is 0 Å². The van der Waals surface area contributed by atoms with Crippen LogP contribution in [0.1, 0.15) is 42.6 Å². The maximum atomic E-state index is 12.8. The van der Waals surface area contributed by atoms with Gasteiger partial charge in [0.05, 0.1) is 13.2 Å². The van der Waals surface area contributed by atoms with Crippen molar-refractivity contribution in [2.24, 2.45) is 0 Å². The van der Waals surface area contributed by atoms with Gasteiger partial charge in [-0.1, -0.05) is 24.3 Å². The van der Waals surface area contributed by atoms with E-state index in [-0.39, 0.29) is 5.91 Å². The Balaban J connectivity index is 1.61. The van der Waals surface area contributed by atoms with E-state index in [1.165, 1.54) is 5.56 Å². The number of carbonyl (C=O) groups is 1. The fraction of sp³-hybridized carbons (Fsp3) is 0.519. The summed E-state index contributed by atoms with van der Waals surface area (Å²) in [5.41, 5.74) is 5.35. The molecule has 0 radical (unpaired) electrons. The number of nitrogens with zero attached hydrogens (tertiary/aromatic N) is 2. The molecule has 0 aliphatic carbocycles. The number of morpholine rings is 1. The zero-order chi connectivity index (χ0) is 23.0. The molecule has 2 saturated heterocycles. The van der Waals surface area contributed by atoms with Crippen LogP contribution in [0.5, 0.6) is 0 Å². The van der Waals surface area contributed by atoms with Crippen molar-refractivity contribution in [2.75, 3.05) is 57.5 Å². The molecule has 4 rings (SSSR count). The SMILES string of the molecule is CCNC(=O)c1cc(-c2ccc(CN3CCOCC3)cc2)cc(N(CC)C2CCOCC2)c1. The number of anilines is 1. The lowest BCUT2D eigenvalue weighted by atomic mass is 9.98. The molecule has 2 aromatic carbocycles. The van der Waals surface area contributed by atoms with Crippen LogP contribution in [0.15, 0.2) is 42.5 Å². The van der Waals surface area contributed by atoms with Gasteiger partial charge in [-0.05, 0) is 61.6 Å². The lowest BCUT2D eigenvalue weighted by molar-refractivity contribution is 0.0342. The fourth-order valence-corrected chi connectivity index (χ4v) is 4.81. The second-order valence-corrected chi connectivity index (χ2v) is 8.84. The number of amides is 1. The summed E-state index contributed by atoms with van der Waals surface area (Å²) >= 11 is 0. The van der Waals surface area contributed by atoms with E-state index in [4.69, 9.17) is 9.47 Å². The van der Waals surface area contributed by atoms with Gasteiger partial charge in [-0.25, -0.2) is 0 Å². The summed E-state index contributed by atoms with van der Waals surface area (Å²) in [5, 5.41) is 2.97. The van der Waals surface area contributed by atoms with E-state index in [2.05, 4.69) is 52.4 Å². The van der Waals surface area contributed by atoms with Gasteiger partial charge in [0.15, 0.2) is 0 Å². The molecule has 6 heteroatoms. The van der Waals surface area contributed by atoms with Crippen molar-refractivity contribution in [3.05, 3.63) is 53.6 Å². The highest BCUT2D eigenvalue weighted by Crippen LogP contribution is 2.30. The first-order valence-electron chi connectivity index (χ1n) is 12.3. The van der Waals surface area contributed by atoms with Crippen molar-refractivity contribution >= 4 is 11.6 Å². The first kappa shape index (κ1) is 23.7. The summed E-state index contributed by atoms with van der Waals surface area (Å²) in [6, 6.07) is 15.5. The highest BCUT2D eigenvalue weighted by atomic mass is 16.5. The third kappa shape index (κ3) is 6.14. The Morgan fingerprint density at radius 3 is 2.33 bits per heavy atom. The second-order valence-electron chi connectivity index (χ2n) is 8.84. The normalized spacial score (nSPS) is 17.6. The van der Waals surface area contributed by atoms with E-state index in [9.17, 15) is 4.79 Å². The van der Waals surface area contributed by atoms with Crippen molar-refractivity contribution in [2.45, 2.75) is 39.3 Å². The van der Waals surface area contributed by atoms with Crippen LogP contribution in [0.2, 0.25) is 0 Å². The maximum absolute atomic E-state index is 12.8. The van der Waals surface area contributed by atoms with E-state index in [1.54, 1.807) is 0 Å². The molecule has 2 fully saturated rings. The van der Waals surface area contributed by atoms with E-state index >= 15 is 0 Å². The molecule has 0 spiro atoms. The molecule has 33 heavy (non-hydrogen) atoms. The zero-order valence-corrected chi connectivity index (χ0v) is 20.0. The van der Waals surface area contributed by atoms with Gasteiger partial charge < -0.3 is 19.7 Å². The summed E-state index contributed by atoms with van der Waals surface area (Å²) in [5.74, 6) is -0.0208. The van der Waals surface area contributed by atoms with E-state index in [0.29, 0.717) is 18.2 Å². The van der Waals surface area contributed by atoms with Crippen LogP contribution < -0.4 is 10.2 Å². The van der Waals surface area contributed by atoms with Gasteiger partial charge in [-0.3, -0.25) is 9.69 Å². The quantitative estimate of drug-likeness (QED) is 0.659. The van der Waals surface area contributed by atoms with Crippen LogP contribution in [0.4, 0.5) is 5.69 Å². The fourth-order valence-electron chi connectivity index (χ4n) is 4.81. The smallest absolute Gasteiger partial charge is 0.251 e. The van der Waals surface area contributed by atoms with Gasteiger partial charge >= 0.3 is 0 Å². The molecule has 0 aromatic heterocycles. The Morgan fingerprint density at radius 1 is 0.970 bits per heavy atom. The average Bonchev–Trinajstić information content (AvgIpc) is 2.86. The third-order valence-corrected chi connectivity index (χ3v) is 6.62. The molecule has 1 amide bonds. The Morgan fingerprint density at radius 2 is 1.67 bits per heavy atom. The van der Waals surface area contributed by atoms with Gasteiger partial charge in [0.2, 0.25) is 0 Å². The molecule has 2 heterocycles. The Hall–Kier alpha value is -2.41. The summed E-state index contributed by atoms with van der Waals surface area (Å²) in [7, 11) is 0. The van der Waals surface area contributed by atoms with Crippen molar-refractivity contribution in [1.29, 1.82) is 0 Å². The summed E-state index contributed by atoms with van der Waals surface area (Å²) in [6.07, 6.45) is 2.04. The van der Waals surface area contributed by atoms with E-state index in [1.807, 2.05) is 19.1 Å². The van der Waals surface area contributed by atoms with Crippen LogP contribution in [-0.4, -0.2) is 69.5 Å². The van der Waals surface area contributed by atoms with Crippen molar-refractivity contribution in [3.8, 4) is 11.1 Å². The molecule has 2 aliphatic heterocycles. The van der Waals surface area contributed by atoms with Crippen LogP contribution >= 0.6 is 0 Å². The predicted octanol–water partition coefficient (Wildman–Crippen LogP) is 3.94. The third-order valence-electron chi connectivity index (χ3n) is 6.62. The molecule has 1 N–H and O–H groups in total. The molecule has 0 saturated carbocycles. The number of hydrogen-bond donors (Lipinski definition) is 1. The predicted molar refractivity (Wildman–Crippen MR) is 133 cm³/mol. The lowest BCUT2D eigenvalue weighted by Crippen LogP contribution is -2.39. The minimum Gasteiger partial charge on any atom is -0.381 e. The van der Waals surface area contributed by atoms with Gasteiger partial charge in [0.1, 0.15) is 0 Å². The van der Waals surface area contributed by atoms with Crippen molar-refractivity contribution in [3.63, 3.8) is 0 Å². The van der Waals surface area contributed by atoms with Crippen LogP contribution in [0.3, 0.4) is 0 Å². The Kier molecular flexibility index (Phi) is 8.37. The number of benzene rings is 2. The Labute approximate surface area is 197 Å². The number of carbonyl (C=O) groups excluding carboxylic acids is 1. The highest BCUT2D eigenvalue weighted by molar-refractivity contribution is 5.96. The number of ether oxygens (including phenoxy) is 2. The average molecular weight is 452 g/mol. The number of nitrogens with one attached hydrogen (secondary N) is 1. The van der Waals surface area contributed by atoms with Crippen LogP contribution in [0.25, 0.3) is 11.1 Å². The van der Waals surface area contributed by atoms with E-state index in [0.717, 1.165) is 82.3 Å². The summed E-state index contributed by atoms with van der Waals surface area (Å²) in [4.78, 5) is 17.6. The minimum absolute atomic E-state index is 0.0208. The first-order valence-corrected chi connectivity index (χ1v) is 12.3. The van der Waals surface area contributed by atoms with E-state index < -0.39 is 0 Å². The van der Waals surface area contributed by atoms with Crippen LogP contribution in [-0.2, 0) is 16.0 Å². The Bertz CT molecular complexity index is 903. The number of hydrogen-bond acceptors (Lipinski definition) is 5. The molecule has 178 valence electrons. The topological polar surface area (TPSA) is 54.0 Å². The molecule has 2 aromatic rings. The molecule has 0 bridgehead atoms. The van der Waals surface area contributed by atoms with Gasteiger partial charge in [-0.15, -0.1) is 0 Å². The van der Waals surface area contributed by atoms with Gasteiger partial charge in [0.25, 0.3) is 5.91 Å². The van der Waals surface area contributed by atoms with Crippen molar-refractivity contribution in [1.82, 2.24) is 10.2 Å². The number of rotatable bonds is 8. The highest BCUT2D eigenvalue weighted by Gasteiger charge is 2.22. The summed E-state index contributed by atoms with van der Waals surface area (Å²) in [6.45, 7) is 11.8.